The van der Waals surface area contributed by atoms with E-state index in [2.05, 4.69) is 26.0 Å². The number of halogens is 1. The summed E-state index contributed by atoms with van der Waals surface area (Å²) in [5.74, 6) is -1.05. The van der Waals surface area contributed by atoms with Crippen molar-refractivity contribution in [1.29, 1.82) is 0 Å². The van der Waals surface area contributed by atoms with Gasteiger partial charge in [-0.2, -0.15) is 5.10 Å². The second-order valence-corrected chi connectivity index (χ2v) is 5.31. The maximum Gasteiger partial charge on any atom is 0.356 e. The van der Waals surface area contributed by atoms with E-state index in [1.165, 1.54) is 10.7 Å². The number of imidazole rings is 1. The molecule has 1 aromatic carbocycles. The van der Waals surface area contributed by atoms with Crippen LogP contribution in [0.15, 0.2) is 41.0 Å². The van der Waals surface area contributed by atoms with Crippen molar-refractivity contribution in [2.75, 3.05) is 0 Å². The minimum absolute atomic E-state index is 0.0505. The number of aromatic nitrogens is 3. The molecular formula is C14H10BrN3O2. The first-order chi connectivity index (χ1) is 9.56. The lowest BCUT2D eigenvalue weighted by atomic mass is 10.1. The minimum atomic E-state index is -1.05. The number of hydrogen-bond donors (Lipinski definition) is 1. The van der Waals surface area contributed by atoms with Crippen LogP contribution in [0.25, 0.3) is 16.9 Å². The molecule has 0 bridgehead atoms. The summed E-state index contributed by atoms with van der Waals surface area (Å²) in [6.07, 6.45) is 1.31. The van der Waals surface area contributed by atoms with E-state index in [0.29, 0.717) is 11.3 Å². The summed E-state index contributed by atoms with van der Waals surface area (Å²) >= 11 is 3.43. The van der Waals surface area contributed by atoms with Gasteiger partial charge in [0, 0.05) is 10.0 Å². The Kier molecular flexibility index (Phi) is 3.02. The summed E-state index contributed by atoms with van der Waals surface area (Å²) in [5.41, 5.74) is 3.29. The van der Waals surface area contributed by atoms with Crippen molar-refractivity contribution in [2.24, 2.45) is 0 Å². The molecule has 0 saturated heterocycles. The first-order valence-electron chi connectivity index (χ1n) is 5.91. The second-order valence-electron chi connectivity index (χ2n) is 4.40. The van der Waals surface area contributed by atoms with E-state index in [4.69, 9.17) is 5.11 Å². The molecule has 6 heteroatoms. The summed E-state index contributed by atoms with van der Waals surface area (Å²) in [5, 5.41) is 13.5. The van der Waals surface area contributed by atoms with Gasteiger partial charge in [-0.15, -0.1) is 0 Å². The SMILES string of the molecule is Cc1ccc(Br)cc1-c1ccc2ncc(C(=O)O)n2n1. The molecule has 0 radical (unpaired) electrons. The summed E-state index contributed by atoms with van der Waals surface area (Å²) in [4.78, 5) is 15.2. The number of aryl methyl sites for hydroxylation is 1. The van der Waals surface area contributed by atoms with Crippen LogP contribution in [-0.4, -0.2) is 25.7 Å². The highest BCUT2D eigenvalue weighted by Crippen LogP contribution is 2.25. The molecule has 3 aromatic rings. The molecule has 0 aliphatic rings. The molecular weight excluding hydrogens is 322 g/mol. The van der Waals surface area contributed by atoms with Crippen molar-refractivity contribution in [2.45, 2.75) is 6.92 Å². The molecule has 0 amide bonds. The molecule has 0 fully saturated rings. The van der Waals surface area contributed by atoms with Crippen LogP contribution in [0, 0.1) is 6.92 Å². The average molecular weight is 332 g/mol. The van der Waals surface area contributed by atoms with Crippen molar-refractivity contribution in [3.8, 4) is 11.3 Å². The van der Waals surface area contributed by atoms with Crippen molar-refractivity contribution in [3.63, 3.8) is 0 Å². The van der Waals surface area contributed by atoms with Crippen LogP contribution in [-0.2, 0) is 0 Å². The van der Waals surface area contributed by atoms with Crippen LogP contribution in [0.5, 0.6) is 0 Å². The normalized spacial score (nSPS) is 10.9. The van der Waals surface area contributed by atoms with Crippen LogP contribution in [0.3, 0.4) is 0 Å². The Morgan fingerprint density at radius 1 is 1.30 bits per heavy atom. The van der Waals surface area contributed by atoms with Crippen molar-refractivity contribution >= 4 is 27.5 Å². The van der Waals surface area contributed by atoms with Gasteiger partial charge < -0.3 is 5.11 Å². The molecule has 0 aliphatic carbocycles. The summed E-state index contributed by atoms with van der Waals surface area (Å²) in [6.45, 7) is 1.99. The van der Waals surface area contributed by atoms with E-state index < -0.39 is 5.97 Å². The Morgan fingerprint density at radius 2 is 2.10 bits per heavy atom. The third-order valence-electron chi connectivity index (χ3n) is 3.06. The second kappa shape index (κ2) is 4.72. The molecule has 2 aromatic heterocycles. The van der Waals surface area contributed by atoms with Crippen molar-refractivity contribution in [3.05, 3.63) is 52.3 Å². The van der Waals surface area contributed by atoms with E-state index in [1.807, 2.05) is 31.2 Å². The molecule has 0 unspecified atom stereocenters. The molecule has 5 nitrogen and oxygen atoms in total. The molecule has 2 heterocycles. The van der Waals surface area contributed by atoms with E-state index in [-0.39, 0.29) is 5.69 Å². The number of benzene rings is 1. The number of hydrogen-bond acceptors (Lipinski definition) is 3. The molecule has 20 heavy (non-hydrogen) atoms. The Balaban J connectivity index is 2.24. The molecule has 0 aliphatic heterocycles. The lowest BCUT2D eigenvalue weighted by molar-refractivity contribution is 0.0688. The summed E-state index contributed by atoms with van der Waals surface area (Å²) < 4.78 is 2.29. The van der Waals surface area contributed by atoms with Gasteiger partial charge >= 0.3 is 5.97 Å². The Hall–Kier alpha value is -2.21. The van der Waals surface area contributed by atoms with Crippen molar-refractivity contribution < 1.29 is 9.90 Å². The number of rotatable bonds is 2. The maximum atomic E-state index is 11.1. The highest BCUT2D eigenvalue weighted by Gasteiger charge is 2.13. The minimum Gasteiger partial charge on any atom is -0.476 e. The van der Waals surface area contributed by atoms with E-state index in [1.54, 1.807) is 6.07 Å². The highest BCUT2D eigenvalue weighted by molar-refractivity contribution is 9.10. The molecule has 0 saturated carbocycles. The third-order valence-corrected chi connectivity index (χ3v) is 3.55. The van der Waals surface area contributed by atoms with Gasteiger partial charge in [-0.25, -0.2) is 14.3 Å². The predicted octanol–water partition coefficient (Wildman–Crippen LogP) is 3.17. The van der Waals surface area contributed by atoms with Gasteiger partial charge in [0.15, 0.2) is 11.3 Å². The number of carbonyl (C=O) groups is 1. The fraction of sp³-hybridized carbons (Fsp3) is 0.0714. The lowest BCUT2D eigenvalue weighted by Gasteiger charge is -2.06. The van der Waals surface area contributed by atoms with Crippen LogP contribution in [0.1, 0.15) is 16.1 Å². The zero-order chi connectivity index (χ0) is 14.3. The maximum absolute atomic E-state index is 11.1. The Bertz CT molecular complexity index is 826. The zero-order valence-corrected chi connectivity index (χ0v) is 12.1. The number of fused-ring (bicyclic) bond motifs is 1. The first kappa shape index (κ1) is 12.8. The van der Waals surface area contributed by atoms with Crippen molar-refractivity contribution in [1.82, 2.24) is 14.6 Å². The quantitative estimate of drug-likeness (QED) is 0.783. The van der Waals surface area contributed by atoms with E-state index in [0.717, 1.165) is 15.6 Å². The zero-order valence-electron chi connectivity index (χ0n) is 10.5. The van der Waals surface area contributed by atoms with Gasteiger partial charge in [-0.3, -0.25) is 0 Å². The Morgan fingerprint density at radius 3 is 2.85 bits per heavy atom. The monoisotopic (exact) mass is 331 g/mol. The average Bonchev–Trinajstić information content (AvgIpc) is 2.84. The van der Waals surface area contributed by atoms with Crippen LogP contribution in [0.2, 0.25) is 0 Å². The lowest BCUT2D eigenvalue weighted by Crippen LogP contribution is -2.05. The fourth-order valence-electron chi connectivity index (χ4n) is 2.03. The van der Waals surface area contributed by atoms with Gasteiger partial charge in [-0.05, 0) is 36.8 Å². The first-order valence-corrected chi connectivity index (χ1v) is 6.70. The number of aromatic carboxylic acids is 1. The molecule has 100 valence electrons. The number of carboxylic acids is 1. The van der Waals surface area contributed by atoms with Gasteiger partial charge in [0.2, 0.25) is 0 Å². The van der Waals surface area contributed by atoms with E-state index in [9.17, 15) is 4.79 Å². The van der Waals surface area contributed by atoms with Crippen LogP contribution < -0.4 is 0 Å². The smallest absolute Gasteiger partial charge is 0.356 e. The van der Waals surface area contributed by atoms with Gasteiger partial charge in [0.1, 0.15) is 0 Å². The highest BCUT2D eigenvalue weighted by atomic mass is 79.9. The topological polar surface area (TPSA) is 67.5 Å². The fourth-order valence-corrected chi connectivity index (χ4v) is 2.39. The van der Waals surface area contributed by atoms with Gasteiger partial charge in [0.05, 0.1) is 11.9 Å². The third kappa shape index (κ3) is 2.08. The largest absolute Gasteiger partial charge is 0.476 e. The predicted molar refractivity (Wildman–Crippen MR) is 77.8 cm³/mol. The van der Waals surface area contributed by atoms with E-state index >= 15 is 0 Å². The number of carboxylic acid groups (broad SMARTS) is 1. The Labute approximate surface area is 123 Å². The van der Waals surface area contributed by atoms with Gasteiger partial charge in [-0.1, -0.05) is 22.0 Å². The molecule has 1 N–H and O–H groups in total. The molecule has 0 spiro atoms. The van der Waals surface area contributed by atoms with Crippen LogP contribution >= 0.6 is 15.9 Å². The standard InChI is InChI=1S/C14H10BrN3O2/c1-8-2-3-9(15)6-10(8)11-4-5-13-16-7-12(14(19)20)18(13)17-11/h2-7H,1H3,(H,19,20). The summed E-state index contributed by atoms with van der Waals surface area (Å²) in [7, 11) is 0. The van der Waals surface area contributed by atoms with Gasteiger partial charge in [0.25, 0.3) is 0 Å². The molecule has 0 atom stereocenters. The van der Waals surface area contributed by atoms with Crippen LogP contribution in [0.4, 0.5) is 0 Å². The summed E-state index contributed by atoms with van der Waals surface area (Å²) in [6, 6.07) is 9.49. The molecule has 3 rings (SSSR count). The number of nitrogens with zero attached hydrogens (tertiary/aromatic N) is 3.